The summed E-state index contributed by atoms with van der Waals surface area (Å²) >= 11 is 0. The number of fused-ring (bicyclic) bond motifs is 1. The number of nitrogens with zero attached hydrogens (tertiary/aromatic N) is 7. The number of likely N-dealkylation sites (N-methyl/N-ethyl adjacent to an activating group) is 1. The first kappa shape index (κ1) is 25.0. The van der Waals surface area contributed by atoms with E-state index in [1.807, 2.05) is 19.1 Å². The van der Waals surface area contributed by atoms with Crippen molar-refractivity contribution in [3.8, 4) is 23.3 Å². The Morgan fingerprint density at radius 2 is 2.15 bits per heavy atom. The van der Waals surface area contributed by atoms with Gasteiger partial charge >= 0.3 is 6.01 Å². The number of carbonyl (C=O) groups is 2. The van der Waals surface area contributed by atoms with Crippen LogP contribution in [-0.4, -0.2) is 87.7 Å². The van der Waals surface area contributed by atoms with Crippen molar-refractivity contribution in [3.05, 3.63) is 42.1 Å². The number of hydrogen-bond donors (Lipinski definition) is 1. The number of amides is 2. The van der Waals surface area contributed by atoms with Crippen LogP contribution in [0, 0.1) is 23.7 Å². The highest BCUT2D eigenvalue weighted by Gasteiger charge is 2.53. The van der Waals surface area contributed by atoms with Crippen LogP contribution in [0.25, 0.3) is 22.2 Å². The molecule has 3 fully saturated rings. The van der Waals surface area contributed by atoms with E-state index in [0.717, 1.165) is 41.4 Å². The van der Waals surface area contributed by atoms with Crippen molar-refractivity contribution in [2.45, 2.75) is 32.2 Å². The van der Waals surface area contributed by atoms with Crippen LogP contribution in [0.2, 0.25) is 0 Å². The lowest BCUT2D eigenvalue weighted by atomic mass is 9.79. The Balaban J connectivity index is 1.43. The van der Waals surface area contributed by atoms with Gasteiger partial charge in [0.25, 0.3) is 0 Å². The molecular formula is C28H30N8O3. The first-order valence-corrected chi connectivity index (χ1v) is 13.1. The largest absolute Gasteiger partial charge is 0.462 e. The first-order valence-electron chi connectivity index (χ1n) is 13.1. The number of H-pyrrole nitrogens is 1. The number of nitriles is 1. The summed E-state index contributed by atoms with van der Waals surface area (Å²) in [6.07, 6.45) is 5.40. The van der Waals surface area contributed by atoms with Crippen LogP contribution in [0.15, 0.2) is 31.0 Å². The summed E-state index contributed by atoms with van der Waals surface area (Å²) in [6.45, 7) is 8.21. The summed E-state index contributed by atoms with van der Waals surface area (Å²) in [5.41, 5.74) is 2.72. The van der Waals surface area contributed by atoms with Crippen LogP contribution in [-0.2, 0) is 9.59 Å². The molecule has 6 rings (SSSR count). The Hall–Kier alpha value is -4.30. The molecule has 3 saturated heterocycles. The van der Waals surface area contributed by atoms with Crippen molar-refractivity contribution in [3.63, 3.8) is 0 Å². The molecule has 0 bridgehead atoms. The van der Waals surface area contributed by atoms with Crippen LogP contribution >= 0.6 is 0 Å². The van der Waals surface area contributed by atoms with Gasteiger partial charge in [0.2, 0.25) is 11.8 Å². The maximum absolute atomic E-state index is 13.4. The number of aryl methyl sites for hydroxylation is 1. The monoisotopic (exact) mass is 526 g/mol. The standard InChI is InChI=1S/C28H30N8O3/c1-4-22(37)35-14-28(15-35)10-23(38)36(16-28)26-19(11-29)25(24-17(2)7-8-21-20(24)12-30-33-21)31-27(32-26)39-13-18-6-5-9-34(18)3/h4,7-8,12,18H,1,5-6,9-10,13-16H2,2-3H3,(H,30,33). The third-order valence-electron chi connectivity index (χ3n) is 8.24. The summed E-state index contributed by atoms with van der Waals surface area (Å²) < 4.78 is 6.15. The van der Waals surface area contributed by atoms with Crippen molar-refractivity contribution in [2.24, 2.45) is 5.41 Å². The molecule has 0 aliphatic carbocycles. The molecular weight excluding hydrogens is 496 g/mol. The lowest BCUT2D eigenvalue weighted by Crippen LogP contribution is -2.59. The van der Waals surface area contributed by atoms with Gasteiger partial charge in [0.05, 0.1) is 17.4 Å². The molecule has 1 N–H and O–H groups in total. The predicted octanol–water partition coefficient (Wildman–Crippen LogP) is 2.42. The number of aromatic amines is 1. The predicted molar refractivity (Wildman–Crippen MR) is 144 cm³/mol. The van der Waals surface area contributed by atoms with Gasteiger partial charge in [-0.15, -0.1) is 0 Å². The van der Waals surface area contributed by atoms with Gasteiger partial charge in [-0.1, -0.05) is 12.6 Å². The summed E-state index contributed by atoms with van der Waals surface area (Å²) in [5, 5.41) is 18.4. The van der Waals surface area contributed by atoms with Crippen molar-refractivity contribution in [1.29, 1.82) is 5.26 Å². The number of ether oxygens (including phenoxy) is 1. The molecule has 3 aliphatic heterocycles. The van der Waals surface area contributed by atoms with E-state index < -0.39 is 0 Å². The third kappa shape index (κ3) is 4.21. The van der Waals surface area contributed by atoms with Gasteiger partial charge in [-0.2, -0.15) is 20.3 Å². The minimum Gasteiger partial charge on any atom is -0.462 e. The number of anilines is 1. The molecule has 3 aromatic rings. The summed E-state index contributed by atoms with van der Waals surface area (Å²) in [6, 6.07) is 6.54. The van der Waals surface area contributed by atoms with Crippen LogP contribution < -0.4 is 9.64 Å². The fourth-order valence-corrected chi connectivity index (χ4v) is 6.12. The Labute approximate surface area is 226 Å². The highest BCUT2D eigenvalue weighted by atomic mass is 16.5. The molecule has 39 heavy (non-hydrogen) atoms. The van der Waals surface area contributed by atoms with Crippen LogP contribution in [0.3, 0.4) is 0 Å². The Kier molecular flexibility index (Phi) is 6.07. The van der Waals surface area contributed by atoms with E-state index in [1.54, 1.807) is 16.0 Å². The van der Waals surface area contributed by atoms with E-state index >= 15 is 0 Å². The minimum absolute atomic E-state index is 0.130. The van der Waals surface area contributed by atoms with Crippen molar-refractivity contribution in [2.75, 3.05) is 44.7 Å². The van der Waals surface area contributed by atoms with E-state index in [-0.39, 0.29) is 47.1 Å². The van der Waals surface area contributed by atoms with E-state index in [2.05, 4.69) is 39.8 Å². The van der Waals surface area contributed by atoms with Crippen molar-refractivity contribution >= 4 is 28.5 Å². The normalized spacial score (nSPS) is 20.4. The van der Waals surface area contributed by atoms with E-state index in [1.165, 1.54) is 6.08 Å². The molecule has 2 aromatic heterocycles. The van der Waals surface area contributed by atoms with Gasteiger partial charge in [0.1, 0.15) is 18.2 Å². The topological polar surface area (TPSA) is 131 Å². The molecule has 200 valence electrons. The van der Waals surface area contributed by atoms with Crippen LogP contribution in [0.5, 0.6) is 6.01 Å². The first-order chi connectivity index (χ1) is 18.8. The maximum atomic E-state index is 13.4. The summed E-state index contributed by atoms with van der Waals surface area (Å²) in [5.74, 6) is -0.0427. The molecule has 11 nitrogen and oxygen atoms in total. The Morgan fingerprint density at radius 1 is 1.33 bits per heavy atom. The zero-order valence-electron chi connectivity index (χ0n) is 22.1. The van der Waals surface area contributed by atoms with E-state index in [4.69, 9.17) is 9.72 Å². The quantitative estimate of drug-likeness (QED) is 0.485. The van der Waals surface area contributed by atoms with Gasteiger partial charge in [0, 0.05) is 48.5 Å². The summed E-state index contributed by atoms with van der Waals surface area (Å²) in [7, 11) is 2.07. The number of benzene rings is 1. The van der Waals surface area contributed by atoms with E-state index in [0.29, 0.717) is 31.9 Å². The maximum Gasteiger partial charge on any atom is 0.319 e. The molecule has 5 heterocycles. The van der Waals surface area contributed by atoms with Gasteiger partial charge in [0.15, 0.2) is 5.82 Å². The molecule has 0 radical (unpaired) electrons. The van der Waals surface area contributed by atoms with Crippen molar-refractivity contribution in [1.82, 2.24) is 30.0 Å². The lowest BCUT2D eigenvalue weighted by Gasteiger charge is -2.47. The molecule has 1 aromatic carbocycles. The molecule has 1 atom stereocenters. The molecule has 1 spiro atoms. The number of hydrogen-bond acceptors (Lipinski definition) is 8. The second-order valence-electron chi connectivity index (χ2n) is 10.9. The number of carbonyl (C=O) groups excluding carboxylic acids is 2. The minimum atomic E-state index is -0.373. The number of likely N-dealkylation sites (tertiary alicyclic amines) is 2. The summed E-state index contributed by atoms with van der Waals surface area (Å²) in [4.78, 5) is 40.3. The lowest BCUT2D eigenvalue weighted by molar-refractivity contribution is -0.138. The van der Waals surface area contributed by atoms with Crippen LogP contribution in [0.4, 0.5) is 5.82 Å². The van der Waals surface area contributed by atoms with Gasteiger partial charge in [-0.25, -0.2) is 0 Å². The second-order valence-corrected chi connectivity index (χ2v) is 10.9. The Bertz CT molecular complexity index is 1530. The van der Waals surface area contributed by atoms with Crippen molar-refractivity contribution < 1.29 is 14.3 Å². The fourth-order valence-electron chi connectivity index (χ4n) is 6.12. The zero-order valence-corrected chi connectivity index (χ0v) is 22.1. The number of nitrogens with one attached hydrogen (secondary N) is 1. The van der Waals surface area contributed by atoms with Gasteiger partial charge in [-0.05, 0) is 51.1 Å². The molecule has 2 amide bonds. The fraction of sp³-hybridized carbons (Fsp3) is 0.429. The van der Waals surface area contributed by atoms with Gasteiger partial charge < -0.3 is 14.5 Å². The molecule has 11 heteroatoms. The highest BCUT2D eigenvalue weighted by Crippen LogP contribution is 2.44. The van der Waals surface area contributed by atoms with Crippen LogP contribution in [0.1, 0.15) is 30.4 Å². The SMILES string of the molecule is C=CC(=O)N1CC2(CC(=O)N(c3nc(OCC4CCCN4C)nc(-c4c(C)ccc5[nH]ncc45)c3C#N)C2)C1. The number of aromatic nitrogens is 4. The van der Waals surface area contributed by atoms with E-state index in [9.17, 15) is 14.9 Å². The molecule has 1 unspecified atom stereocenters. The molecule has 3 aliphatic rings. The van der Waals surface area contributed by atoms with Gasteiger partial charge in [-0.3, -0.25) is 19.6 Å². The molecule has 0 saturated carbocycles. The average molecular weight is 527 g/mol. The Morgan fingerprint density at radius 3 is 2.87 bits per heavy atom. The second kappa shape index (κ2) is 9.47. The highest BCUT2D eigenvalue weighted by molar-refractivity contribution is 6.01. The number of rotatable bonds is 6. The smallest absolute Gasteiger partial charge is 0.319 e. The average Bonchev–Trinajstić information content (AvgIpc) is 3.64. The zero-order chi connectivity index (χ0) is 27.3. The third-order valence-corrected chi connectivity index (χ3v) is 8.24.